The molecule has 0 aromatic rings. The Bertz CT molecular complexity index is 409. The van der Waals surface area contributed by atoms with Gasteiger partial charge in [0, 0.05) is 11.8 Å². The van der Waals surface area contributed by atoms with Gasteiger partial charge in [0.25, 0.3) is 0 Å². The summed E-state index contributed by atoms with van der Waals surface area (Å²) >= 11 is 8.75. The van der Waals surface area contributed by atoms with Crippen molar-refractivity contribution in [2.75, 3.05) is 13.2 Å². The summed E-state index contributed by atoms with van der Waals surface area (Å²) in [6.45, 7) is 11.8. The third-order valence-corrected chi connectivity index (χ3v) is 6.06. The zero-order valence-corrected chi connectivity index (χ0v) is 16.9. The molecule has 2 heterocycles. The van der Waals surface area contributed by atoms with Gasteiger partial charge >= 0.3 is 0 Å². The first kappa shape index (κ1) is 19.7. The Labute approximate surface area is 158 Å². The second kappa shape index (κ2) is 9.76. The topological polar surface area (TPSA) is 27.7 Å². The molecule has 2 saturated heterocycles. The van der Waals surface area contributed by atoms with Crippen LogP contribution in [0.5, 0.6) is 0 Å². The standard InChI is InChI=1S/C18H28ClIO3/c1-12(14(3)20)10-15(19)4-6-17-13(2)11-16(23-17)5-7-18-21-8-9-22-18/h12,15-18H,2-11H2,1H3/t12-,15-,16-,17-/m0/s1. The molecule has 0 saturated carbocycles. The van der Waals surface area contributed by atoms with E-state index in [1.165, 1.54) is 9.15 Å². The Balaban J connectivity index is 1.65. The first-order valence-electron chi connectivity index (χ1n) is 8.50. The van der Waals surface area contributed by atoms with Crippen LogP contribution in [-0.2, 0) is 14.2 Å². The molecule has 0 amide bonds. The van der Waals surface area contributed by atoms with E-state index >= 15 is 0 Å². The van der Waals surface area contributed by atoms with Gasteiger partial charge in [0.15, 0.2) is 6.29 Å². The molecule has 0 aliphatic carbocycles. The minimum absolute atomic E-state index is 0.0407. The van der Waals surface area contributed by atoms with Crippen LogP contribution in [0.25, 0.3) is 0 Å². The van der Waals surface area contributed by atoms with E-state index in [1.54, 1.807) is 0 Å². The molecule has 2 fully saturated rings. The van der Waals surface area contributed by atoms with Gasteiger partial charge in [-0.15, -0.1) is 11.6 Å². The van der Waals surface area contributed by atoms with Gasteiger partial charge in [-0.1, -0.05) is 20.1 Å². The van der Waals surface area contributed by atoms with E-state index in [2.05, 4.69) is 42.7 Å². The minimum atomic E-state index is -0.0407. The van der Waals surface area contributed by atoms with Gasteiger partial charge in [0.1, 0.15) is 0 Å². The fraction of sp³-hybridized carbons (Fsp3) is 0.778. The van der Waals surface area contributed by atoms with Gasteiger partial charge in [-0.25, -0.2) is 0 Å². The maximum absolute atomic E-state index is 6.47. The van der Waals surface area contributed by atoms with Crippen LogP contribution in [0.2, 0.25) is 0 Å². The maximum atomic E-state index is 6.47. The molecule has 5 heteroatoms. The largest absolute Gasteiger partial charge is 0.370 e. The van der Waals surface area contributed by atoms with Crippen molar-refractivity contribution >= 4 is 34.2 Å². The fourth-order valence-electron chi connectivity index (χ4n) is 3.10. The lowest BCUT2D eigenvalue weighted by molar-refractivity contribution is -0.0585. The maximum Gasteiger partial charge on any atom is 0.157 e. The summed E-state index contributed by atoms with van der Waals surface area (Å²) in [6, 6.07) is 0. The van der Waals surface area contributed by atoms with Crippen LogP contribution in [0, 0.1) is 5.92 Å². The molecule has 0 aromatic carbocycles. The lowest BCUT2D eigenvalue weighted by Crippen LogP contribution is -2.16. The van der Waals surface area contributed by atoms with Crippen molar-refractivity contribution in [1.82, 2.24) is 0 Å². The van der Waals surface area contributed by atoms with Crippen molar-refractivity contribution in [2.24, 2.45) is 5.92 Å². The van der Waals surface area contributed by atoms with E-state index in [-0.39, 0.29) is 23.9 Å². The molecule has 0 aromatic heterocycles. The summed E-state index contributed by atoms with van der Waals surface area (Å²) in [6.07, 6.45) is 6.08. The second-order valence-corrected chi connectivity index (χ2v) is 8.62. The van der Waals surface area contributed by atoms with E-state index in [0.29, 0.717) is 19.1 Å². The number of rotatable bonds is 9. The molecule has 2 aliphatic rings. The van der Waals surface area contributed by atoms with Crippen LogP contribution in [0.1, 0.15) is 45.4 Å². The minimum Gasteiger partial charge on any atom is -0.370 e. The number of hydrogen-bond donors (Lipinski definition) is 0. The van der Waals surface area contributed by atoms with Gasteiger partial charge in [0.2, 0.25) is 0 Å². The Morgan fingerprint density at radius 2 is 2.00 bits per heavy atom. The molecule has 4 atom stereocenters. The molecule has 0 bridgehead atoms. The second-order valence-electron chi connectivity index (χ2n) is 6.62. The monoisotopic (exact) mass is 454 g/mol. The van der Waals surface area contributed by atoms with Crippen molar-refractivity contribution in [3.8, 4) is 0 Å². The molecule has 3 nitrogen and oxygen atoms in total. The Hall–Kier alpha value is 0.380. The number of hydrogen-bond acceptors (Lipinski definition) is 3. The first-order chi connectivity index (χ1) is 11.0. The highest BCUT2D eigenvalue weighted by atomic mass is 127. The van der Waals surface area contributed by atoms with Crippen molar-refractivity contribution < 1.29 is 14.2 Å². The van der Waals surface area contributed by atoms with E-state index in [4.69, 9.17) is 25.8 Å². The van der Waals surface area contributed by atoms with Crippen LogP contribution in [-0.4, -0.2) is 37.1 Å². The predicted octanol–water partition coefficient (Wildman–Crippen LogP) is 5.22. The molecular weight excluding hydrogens is 427 g/mol. The van der Waals surface area contributed by atoms with Gasteiger partial charge in [-0.2, -0.15) is 0 Å². The lowest BCUT2D eigenvalue weighted by Gasteiger charge is -2.18. The molecule has 0 spiro atoms. The van der Waals surface area contributed by atoms with Crippen LogP contribution in [0.3, 0.4) is 0 Å². The summed E-state index contributed by atoms with van der Waals surface area (Å²) in [5.74, 6) is 0.463. The molecule has 132 valence electrons. The molecule has 2 aliphatic heterocycles. The SMILES string of the molecule is C=C1C[C@H](CCC2OCCO2)O[C@H]1CC[C@H](Cl)C[C@H](C)C(=C)I. The van der Waals surface area contributed by atoms with E-state index < -0.39 is 0 Å². The molecule has 0 N–H and O–H groups in total. The van der Waals surface area contributed by atoms with E-state index in [0.717, 1.165) is 38.5 Å². The van der Waals surface area contributed by atoms with E-state index in [9.17, 15) is 0 Å². The first-order valence-corrected chi connectivity index (χ1v) is 10.0. The van der Waals surface area contributed by atoms with Gasteiger partial charge in [-0.3, -0.25) is 0 Å². The van der Waals surface area contributed by atoms with E-state index in [1.807, 2.05) is 0 Å². The molecular formula is C18H28ClIO3. The zero-order valence-electron chi connectivity index (χ0n) is 13.9. The Morgan fingerprint density at radius 1 is 1.30 bits per heavy atom. The molecule has 2 rings (SSSR count). The van der Waals surface area contributed by atoms with Gasteiger partial charge in [0.05, 0.1) is 25.4 Å². The van der Waals surface area contributed by atoms with Crippen molar-refractivity contribution in [2.45, 2.75) is 69.3 Å². The quantitative estimate of drug-likeness (QED) is 0.272. The molecule has 0 radical (unpaired) electrons. The van der Waals surface area contributed by atoms with Gasteiger partial charge in [-0.05, 0) is 69.8 Å². The Morgan fingerprint density at radius 3 is 2.65 bits per heavy atom. The summed E-state index contributed by atoms with van der Waals surface area (Å²) in [5, 5.41) is 0.173. The highest BCUT2D eigenvalue weighted by Gasteiger charge is 2.30. The smallest absolute Gasteiger partial charge is 0.157 e. The number of alkyl halides is 1. The highest BCUT2D eigenvalue weighted by molar-refractivity contribution is 14.1. The summed E-state index contributed by atoms with van der Waals surface area (Å²) in [4.78, 5) is 0. The van der Waals surface area contributed by atoms with Crippen LogP contribution >= 0.6 is 34.2 Å². The highest BCUT2D eigenvalue weighted by Crippen LogP contribution is 2.32. The number of allylic oxidation sites excluding steroid dienone is 1. The van der Waals surface area contributed by atoms with Gasteiger partial charge < -0.3 is 14.2 Å². The summed E-state index contributed by atoms with van der Waals surface area (Å²) in [7, 11) is 0. The third-order valence-electron chi connectivity index (χ3n) is 4.60. The average molecular weight is 455 g/mol. The summed E-state index contributed by atoms with van der Waals surface area (Å²) < 4.78 is 18.3. The van der Waals surface area contributed by atoms with Crippen LogP contribution in [0.4, 0.5) is 0 Å². The third kappa shape index (κ3) is 6.65. The van der Waals surface area contributed by atoms with Crippen molar-refractivity contribution in [3.63, 3.8) is 0 Å². The number of halogens is 2. The van der Waals surface area contributed by atoms with Crippen molar-refractivity contribution in [3.05, 3.63) is 22.3 Å². The van der Waals surface area contributed by atoms with Crippen LogP contribution in [0.15, 0.2) is 22.3 Å². The normalized spacial score (nSPS) is 28.2. The average Bonchev–Trinajstić information content (AvgIpc) is 3.12. The number of ether oxygens (including phenoxy) is 3. The molecule has 0 unspecified atom stereocenters. The van der Waals surface area contributed by atoms with Crippen molar-refractivity contribution in [1.29, 1.82) is 0 Å². The summed E-state index contributed by atoms with van der Waals surface area (Å²) in [5.41, 5.74) is 1.21. The fourth-order valence-corrected chi connectivity index (χ4v) is 3.75. The Kier molecular flexibility index (Phi) is 8.36. The molecule has 23 heavy (non-hydrogen) atoms. The lowest BCUT2D eigenvalue weighted by atomic mass is 9.99. The zero-order chi connectivity index (χ0) is 16.8. The predicted molar refractivity (Wildman–Crippen MR) is 103 cm³/mol. The van der Waals surface area contributed by atoms with Crippen LogP contribution < -0.4 is 0 Å².